The molecule has 1 aliphatic carbocycles. The van der Waals surface area contributed by atoms with Crippen molar-refractivity contribution in [2.24, 2.45) is 4.99 Å². The third-order valence-electron chi connectivity index (χ3n) is 2.91. The Labute approximate surface area is 137 Å². The van der Waals surface area contributed by atoms with Gasteiger partial charge in [-0.1, -0.05) is 24.6 Å². The fourth-order valence-corrected chi connectivity index (χ4v) is 2.15. The zero-order chi connectivity index (χ0) is 11.0. The van der Waals surface area contributed by atoms with Crippen molar-refractivity contribution in [1.29, 1.82) is 0 Å². The summed E-state index contributed by atoms with van der Waals surface area (Å²) in [6.07, 6.45) is 0.497. The van der Waals surface area contributed by atoms with E-state index in [1.165, 1.54) is 11.1 Å². The Bertz CT molecular complexity index is 415. The van der Waals surface area contributed by atoms with Gasteiger partial charge in [-0.2, -0.15) is 0 Å². The maximum Gasteiger partial charge on any atom is 0.103 e. The molecule has 0 saturated heterocycles. The molecule has 2 nitrogen and oxygen atoms in total. The van der Waals surface area contributed by atoms with Gasteiger partial charge in [-0.15, -0.1) is 0 Å². The molecule has 2 unspecified atom stereocenters. The normalized spacial score (nSPS) is 23.9. The van der Waals surface area contributed by atoms with Crippen molar-refractivity contribution >= 4 is 22.5 Å². The number of fused-ring (bicyclic) bond motifs is 1. The smallest absolute Gasteiger partial charge is 0.103 e. The Hall–Kier alpha value is 0.582. The van der Waals surface area contributed by atoms with Crippen LogP contribution in [0.15, 0.2) is 23.2 Å². The maximum absolute atomic E-state index is 9.73. The minimum absolute atomic E-state index is 0. The first kappa shape index (κ1) is 14.6. The van der Waals surface area contributed by atoms with Crippen LogP contribution in [-0.2, 0) is 6.42 Å². The summed E-state index contributed by atoms with van der Waals surface area (Å²) < 4.78 is 0. The Morgan fingerprint density at radius 1 is 1.50 bits per heavy atom. The number of benzene rings is 1. The van der Waals surface area contributed by atoms with E-state index in [0.717, 1.165) is 12.1 Å². The minimum atomic E-state index is -0.253. The molecule has 0 bridgehead atoms. The first-order valence-electron chi connectivity index (χ1n) is 5.09. The first-order valence-corrected chi connectivity index (χ1v) is 5.47. The molecule has 0 saturated carbocycles. The van der Waals surface area contributed by atoms with E-state index in [4.69, 9.17) is 11.6 Å². The van der Waals surface area contributed by atoms with E-state index in [1.54, 1.807) is 6.92 Å². The fraction of sp³-hybridized carbons (Fsp3) is 0.417. The Balaban J connectivity index is 0.00000128. The molecule has 2 atom stereocenters. The summed E-state index contributed by atoms with van der Waals surface area (Å²) >= 11 is 5.73. The van der Waals surface area contributed by atoms with Crippen LogP contribution in [0.25, 0.3) is 0 Å². The molecular formula is C12H14AcClNO. The summed E-state index contributed by atoms with van der Waals surface area (Å²) in [7, 11) is 0. The Morgan fingerprint density at radius 3 is 2.81 bits per heavy atom. The van der Waals surface area contributed by atoms with Gasteiger partial charge in [0.2, 0.25) is 0 Å². The molecule has 1 aliphatic rings. The molecule has 1 N–H and O–H groups in total. The Kier molecular flexibility index (Phi) is 5.45. The minimum Gasteiger partial charge on any atom is -0.392 e. The van der Waals surface area contributed by atoms with Crippen LogP contribution in [0.4, 0.5) is 5.69 Å². The number of aliphatic hydroxyl groups excluding tert-OH is 1. The second-order valence-corrected chi connectivity index (χ2v) is 4.60. The molecule has 0 heterocycles. The van der Waals surface area contributed by atoms with Crippen LogP contribution < -0.4 is 0 Å². The summed E-state index contributed by atoms with van der Waals surface area (Å²) in [4.78, 5) is 4.20. The van der Waals surface area contributed by atoms with Gasteiger partial charge >= 0.3 is 0 Å². The van der Waals surface area contributed by atoms with Gasteiger partial charge in [0.05, 0.1) is 11.8 Å². The summed E-state index contributed by atoms with van der Waals surface area (Å²) in [5.74, 6) is 0.200. The topological polar surface area (TPSA) is 32.6 Å². The third kappa shape index (κ3) is 3.07. The van der Waals surface area contributed by atoms with E-state index < -0.39 is 0 Å². The molecule has 0 aliphatic heterocycles. The second kappa shape index (κ2) is 5.96. The number of hydrogen-bond acceptors (Lipinski definition) is 2. The fourth-order valence-electron chi connectivity index (χ4n) is 2.05. The van der Waals surface area contributed by atoms with E-state index in [2.05, 4.69) is 4.99 Å². The SMILES string of the molecule is CC(Cl)=Nc1ccc2c(c1)C(C)C(O)C2.[Ac]. The average Bonchev–Trinajstić information content (AvgIpc) is 2.43. The molecule has 1 radical (unpaired) electrons. The summed E-state index contributed by atoms with van der Waals surface area (Å²) in [5.41, 5.74) is 3.28. The third-order valence-corrected chi connectivity index (χ3v) is 2.99. The summed E-state index contributed by atoms with van der Waals surface area (Å²) in [5, 5.41) is 10.3. The van der Waals surface area contributed by atoms with Crippen molar-refractivity contribution in [1.82, 2.24) is 0 Å². The van der Waals surface area contributed by atoms with Gasteiger partial charge in [-0.3, -0.25) is 0 Å². The molecule has 2 rings (SSSR count). The predicted octanol–water partition coefficient (Wildman–Crippen LogP) is 3.00. The maximum atomic E-state index is 9.73. The number of aliphatic imine (C=N–C) groups is 1. The predicted molar refractivity (Wildman–Crippen MR) is 63.2 cm³/mol. The van der Waals surface area contributed by atoms with Gasteiger partial charge in [0.1, 0.15) is 5.17 Å². The van der Waals surface area contributed by atoms with E-state index in [0.29, 0.717) is 5.17 Å². The van der Waals surface area contributed by atoms with E-state index in [-0.39, 0.29) is 56.1 Å². The van der Waals surface area contributed by atoms with E-state index >= 15 is 0 Å². The van der Waals surface area contributed by atoms with Gasteiger partial charge in [-0.05, 0) is 36.6 Å². The van der Waals surface area contributed by atoms with Gasteiger partial charge in [0.25, 0.3) is 0 Å². The molecule has 0 amide bonds. The second-order valence-electron chi connectivity index (χ2n) is 4.05. The van der Waals surface area contributed by atoms with Crippen molar-refractivity contribution in [2.75, 3.05) is 0 Å². The van der Waals surface area contributed by atoms with Crippen LogP contribution in [0.2, 0.25) is 0 Å². The number of rotatable bonds is 1. The summed E-state index contributed by atoms with van der Waals surface area (Å²) in [6.45, 7) is 3.80. The molecule has 1 aromatic rings. The first-order chi connectivity index (χ1) is 7.08. The monoisotopic (exact) mass is 450 g/mol. The quantitative estimate of drug-likeness (QED) is 0.656. The van der Waals surface area contributed by atoms with E-state index in [9.17, 15) is 5.11 Å². The van der Waals surface area contributed by atoms with Crippen LogP contribution in [0.1, 0.15) is 30.9 Å². The molecule has 16 heavy (non-hydrogen) atoms. The molecule has 0 aromatic heterocycles. The van der Waals surface area contributed by atoms with Gasteiger partial charge in [0, 0.05) is 50.0 Å². The number of halogens is 1. The standard InChI is InChI=1S/C12H14ClNO.Ac/c1-7-11-6-10(14-8(2)13)4-3-9(11)5-12(7)15;/h3-4,6-7,12,15H,5H2,1-2H3;. The van der Waals surface area contributed by atoms with Crippen molar-refractivity contribution in [2.45, 2.75) is 32.3 Å². The largest absolute Gasteiger partial charge is 0.392 e. The van der Waals surface area contributed by atoms with Crippen LogP contribution >= 0.6 is 11.6 Å². The molecule has 83 valence electrons. The van der Waals surface area contributed by atoms with Gasteiger partial charge < -0.3 is 5.11 Å². The van der Waals surface area contributed by atoms with Gasteiger partial charge in [-0.25, -0.2) is 4.99 Å². The molecule has 1 aromatic carbocycles. The number of aliphatic hydroxyl groups is 1. The zero-order valence-corrected chi connectivity index (χ0v) is 14.9. The number of hydrogen-bond donors (Lipinski definition) is 1. The molecular weight excluding hydrogens is 437 g/mol. The molecule has 0 fully saturated rings. The zero-order valence-electron chi connectivity index (χ0n) is 9.44. The summed E-state index contributed by atoms with van der Waals surface area (Å²) in [6, 6.07) is 5.98. The van der Waals surface area contributed by atoms with Crippen molar-refractivity contribution in [3.8, 4) is 0 Å². The van der Waals surface area contributed by atoms with Crippen molar-refractivity contribution < 1.29 is 49.2 Å². The van der Waals surface area contributed by atoms with Crippen LogP contribution in [0.5, 0.6) is 0 Å². The average molecular weight is 451 g/mol. The van der Waals surface area contributed by atoms with E-state index in [1.807, 2.05) is 25.1 Å². The molecule has 4 heteroatoms. The number of nitrogens with zero attached hydrogens (tertiary/aromatic N) is 1. The van der Waals surface area contributed by atoms with Crippen molar-refractivity contribution in [3.63, 3.8) is 0 Å². The van der Waals surface area contributed by atoms with Crippen LogP contribution in [0, 0.1) is 44.1 Å². The van der Waals surface area contributed by atoms with Gasteiger partial charge in [0.15, 0.2) is 0 Å². The molecule has 0 spiro atoms. The van der Waals surface area contributed by atoms with Crippen LogP contribution in [-0.4, -0.2) is 16.4 Å². The van der Waals surface area contributed by atoms with Crippen molar-refractivity contribution in [3.05, 3.63) is 29.3 Å². The Morgan fingerprint density at radius 2 is 2.19 bits per heavy atom. The van der Waals surface area contributed by atoms with Crippen LogP contribution in [0.3, 0.4) is 0 Å².